The predicted octanol–water partition coefficient (Wildman–Crippen LogP) is 5.36. The fourth-order valence-corrected chi connectivity index (χ4v) is 6.93. The number of hydrogen-bond acceptors (Lipinski definition) is 9. The van der Waals surface area contributed by atoms with E-state index >= 15 is 0 Å². The van der Waals surface area contributed by atoms with Crippen molar-refractivity contribution in [1.82, 2.24) is 19.9 Å². The third-order valence-electron chi connectivity index (χ3n) is 6.82. The number of fused-ring (bicyclic) bond motifs is 2. The van der Waals surface area contributed by atoms with Crippen molar-refractivity contribution in [3.63, 3.8) is 0 Å². The lowest BCUT2D eigenvalue weighted by Gasteiger charge is -2.36. The van der Waals surface area contributed by atoms with Crippen LogP contribution >= 0.6 is 22.7 Å². The van der Waals surface area contributed by atoms with Gasteiger partial charge in [0.05, 0.1) is 33.4 Å². The number of thiazole rings is 2. The molecule has 0 spiro atoms. The Morgan fingerprint density at radius 3 is 2.83 bits per heavy atom. The number of likely N-dealkylation sites (tertiary alicyclic amines) is 1. The number of hydrogen-bond donors (Lipinski definition) is 1. The average molecular weight is 512 g/mol. The molecule has 35 heavy (non-hydrogen) atoms. The van der Waals surface area contributed by atoms with E-state index in [1.54, 1.807) is 34.6 Å². The first-order valence-electron chi connectivity index (χ1n) is 12.0. The minimum Gasteiger partial charge on any atom is -0.464 e. The molecule has 2 bridgehead atoms. The summed E-state index contributed by atoms with van der Waals surface area (Å²) in [5.41, 5.74) is 1.50. The van der Waals surface area contributed by atoms with Crippen molar-refractivity contribution >= 4 is 45.5 Å². The van der Waals surface area contributed by atoms with E-state index < -0.39 is 5.54 Å². The molecule has 10 heteroatoms. The maximum atomic E-state index is 13.5. The highest BCUT2D eigenvalue weighted by atomic mass is 32.1. The number of anilines is 2. The first-order chi connectivity index (χ1) is 16.9. The number of rotatable bonds is 6. The van der Waals surface area contributed by atoms with Gasteiger partial charge in [-0.25, -0.2) is 19.7 Å². The van der Waals surface area contributed by atoms with Crippen LogP contribution in [-0.2, 0) is 9.53 Å². The molecule has 1 aliphatic heterocycles. The van der Waals surface area contributed by atoms with Gasteiger partial charge in [0.1, 0.15) is 11.4 Å². The second kappa shape index (κ2) is 9.66. The Bertz CT molecular complexity index is 1240. The van der Waals surface area contributed by atoms with Gasteiger partial charge >= 0.3 is 5.97 Å². The summed E-state index contributed by atoms with van der Waals surface area (Å²) in [5, 5.41) is 6.97. The molecule has 2 fully saturated rings. The van der Waals surface area contributed by atoms with E-state index in [0.717, 1.165) is 45.7 Å². The number of carbonyl (C=O) groups excluding carboxylic acids is 2. The maximum absolute atomic E-state index is 13.5. The van der Waals surface area contributed by atoms with Gasteiger partial charge in [0, 0.05) is 18.1 Å². The Hall–Kier alpha value is -2.85. The molecule has 1 aliphatic carbocycles. The number of ether oxygens (including phenoxy) is 1. The second-order valence-electron chi connectivity index (χ2n) is 9.23. The average Bonchev–Trinajstić information content (AvgIpc) is 3.48. The van der Waals surface area contributed by atoms with Gasteiger partial charge in [-0.1, -0.05) is 12.8 Å². The lowest BCUT2D eigenvalue weighted by Crippen LogP contribution is -2.54. The summed E-state index contributed by atoms with van der Waals surface area (Å²) in [4.78, 5) is 43.0. The number of aromatic nitrogens is 3. The molecular formula is C25H29N5O3S2. The fourth-order valence-electron chi connectivity index (χ4n) is 5.27. The van der Waals surface area contributed by atoms with E-state index in [-0.39, 0.29) is 11.9 Å². The fraction of sp³-hybridized carbons (Fsp3) is 0.480. The molecule has 3 aromatic rings. The smallest absolute Gasteiger partial charge is 0.332 e. The Morgan fingerprint density at radius 1 is 1.26 bits per heavy atom. The molecule has 1 unspecified atom stereocenters. The van der Waals surface area contributed by atoms with Crippen LogP contribution in [0.2, 0.25) is 0 Å². The largest absolute Gasteiger partial charge is 0.464 e. The van der Waals surface area contributed by atoms with Gasteiger partial charge in [-0.05, 0) is 58.1 Å². The first-order valence-corrected chi connectivity index (χ1v) is 13.7. The third kappa shape index (κ3) is 4.56. The quantitative estimate of drug-likeness (QED) is 0.445. The van der Waals surface area contributed by atoms with Crippen LogP contribution in [0.15, 0.2) is 23.7 Å². The molecule has 1 saturated carbocycles. The van der Waals surface area contributed by atoms with Crippen LogP contribution in [0.5, 0.6) is 0 Å². The van der Waals surface area contributed by atoms with Crippen LogP contribution in [0.3, 0.4) is 0 Å². The van der Waals surface area contributed by atoms with Crippen molar-refractivity contribution in [2.45, 2.75) is 58.4 Å². The van der Waals surface area contributed by atoms with Crippen molar-refractivity contribution < 1.29 is 14.3 Å². The van der Waals surface area contributed by atoms with Crippen molar-refractivity contribution in [2.24, 2.45) is 5.92 Å². The number of nitrogens with one attached hydrogen (secondary N) is 1. The van der Waals surface area contributed by atoms with E-state index in [1.165, 1.54) is 11.3 Å². The van der Waals surface area contributed by atoms with Crippen LogP contribution in [0, 0.1) is 19.8 Å². The van der Waals surface area contributed by atoms with E-state index in [2.05, 4.69) is 20.3 Å². The zero-order chi connectivity index (χ0) is 24.6. The summed E-state index contributed by atoms with van der Waals surface area (Å²) in [6.45, 7) is 6.70. The van der Waals surface area contributed by atoms with E-state index in [4.69, 9.17) is 4.74 Å². The van der Waals surface area contributed by atoms with Crippen molar-refractivity contribution in [3.05, 3.63) is 40.0 Å². The zero-order valence-electron chi connectivity index (χ0n) is 20.2. The number of carbonyl (C=O) groups is 2. The predicted molar refractivity (Wildman–Crippen MR) is 137 cm³/mol. The molecule has 2 aliphatic rings. The number of esters is 1. The van der Waals surface area contributed by atoms with Gasteiger partial charge in [0.25, 0.3) is 5.91 Å². The Balaban J connectivity index is 1.32. The van der Waals surface area contributed by atoms with Crippen molar-refractivity contribution in [3.8, 4) is 10.6 Å². The zero-order valence-corrected chi connectivity index (χ0v) is 21.8. The van der Waals surface area contributed by atoms with Gasteiger partial charge in [0.15, 0.2) is 5.13 Å². The molecule has 1 N–H and O–H groups in total. The number of aryl methyl sites for hydroxylation is 2. The summed E-state index contributed by atoms with van der Waals surface area (Å²) >= 11 is 3.13. The minimum atomic E-state index is -0.852. The highest BCUT2D eigenvalue weighted by molar-refractivity contribution is 7.16. The van der Waals surface area contributed by atoms with Crippen LogP contribution in [0.1, 0.15) is 60.1 Å². The van der Waals surface area contributed by atoms with Crippen LogP contribution in [-0.4, -0.2) is 50.4 Å². The molecule has 1 saturated heterocycles. The summed E-state index contributed by atoms with van der Waals surface area (Å²) in [6.07, 6.45) is 5.99. The summed E-state index contributed by atoms with van der Waals surface area (Å²) < 4.78 is 5.43. The maximum Gasteiger partial charge on any atom is 0.332 e. The first kappa shape index (κ1) is 23.9. The molecule has 184 valence electrons. The molecule has 2 atom stereocenters. The molecule has 0 aromatic carbocycles. The second-order valence-corrected chi connectivity index (χ2v) is 11.3. The molecular weight excluding hydrogens is 482 g/mol. The monoisotopic (exact) mass is 511 g/mol. The van der Waals surface area contributed by atoms with Gasteiger partial charge in [-0.3, -0.25) is 4.79 Å². The van der Waals surface area contributed by atoms with Gasteiger partial charge < -0.3 is 15.0 Å². The molecule has 0 radical (unpaired) electrons. The van der Waals surface area contributed by atoms with Gasteiger partial charge in [0.2, 0.25) is 0 Å². The SMILES string of the molecule is CCOC(=O)[C@@]12CCCCC(CN1C(=O)c1ccc(Nc3nc(-c4sc(C)nc4C)cs3)nc1)C2. The summed E-state index contributed by atoms with van der Waals surface area (Å²) in [6, 6.07) is 3.54. The normalized spacial score (nSPS) is 21.6. The van der Waals surface area contributed by atoms with Crippen LogP contribution < -0.4 is 5.32 Å². The Kier molecular flexibility index (Phi) is 6.59. The van der Waals surface area contributed by atoms with Gasteiger partial charge in [-0.15, -0.1) is 22.7 Å². The van der Waals surface area contributed by atoms with Gasteiger partial charge in [-0.2, -0.15) is 0 Å². The lowest BCUT2D eigenvalue weighted by atomic mass is 9.89. The Labute approximate surface area is 212 Å². The van der Waals surface area contributed by atoms with Crippen molar-refractivity contribution in [2.75, 3.05) is 18.5 Å². The molecule has 5 rings (SSSR count). The molecule has 3 aromatic heterocycles. The third-order valence-corrected chi connectivity index (χ3v) is 8.68. The number of pyridine rings is 1. The molecule has 4 heterocycles. The number of amides is 1. The highest BCUT2D eigenvalue weighted by Crippen LogP contribution is 2.44. The molecule has 1 amide bonds. The van der Waals surface area contributed by atoms with E-state index in [0.29, 0.717) is 43.3 Å². The topological polar surface area (TPSA) is 97.3 Å². The van der Waals surface area contributed by atoms with Crippen molar-refractivity contribution in [1.29, 1.82) is 0 Å². The highest BCUT2D eigenvalue weighted by Gasteiger charge is 2.54. The standard InChI is InChI=1S/C25H29N5O3S2/c1-4-33-23(32)25-10-6-5-7-17(11-25)13-30(25)22(31)18-8-9-20(26-12-18)29-24-28-19(14-34-24)21-15(2)27-16(3)35-21/h8-9,12,14,17H,4-7,10-11,13H2,1-3H3,(H,26,28,29)/t17?,25-/m0/s1. The van der Waals surface area contributed by atoms with E-state index in [9.17, 15) is 9.59 Å². The van der Waals surface area contributed by atoms with Crippen LogP contribution in [0.25, 0.3) is 10.6 Å². The Morgan fingerprint density at radius 2 is 2.11 bits per heavy atom. The van der Waals surface area contributed by atoms with E-state index in [1.807, 2.05) is 26.2 Å². The lowest BCUT2D eigenvalue weighted by molar-refractivity contribution is -0.155. The summed E-state index contributed by atoms with van der Waals surface area (Å²) in [7, 11) is 0. The minimum absolute atomic E-state index is 0.158. The summed E-state index contributed by atoms with van der Waals surface area (Å²) in [5.74, 6) is 0.519. The van der Waals surface area contributed by atoms with Crippen LogP contribution in [0.4, 0.5) is 10.9 Å². The number of nitrogens with zero attached hydrogens (tertiary/aromatic N) is 4. The molecule has 8 nitrogen and oxygen atoms in total.